The molecule has 0 radical (unpaired) electrons. The van der Waals surface area contributed by atoms with Gasteiger partial charge in [-0.05, 0) is 6.92 Å². The number of sulfonamides is 1. The zero-order chi connectivity index (χ0) is 11.6. The zero-order valence-corrected chi connectivity index (χ0v) is 10.0. The fourth-order valence-electron chi connectivity index (χ4n) is 1.19. The van der Waals surface area contributed by atoms with Crippen molar-refractivity contribution in [2.45, 2.75) is 17.9 Å². The van der Waals surface area contributed by atoms with Gasteiger partial charge in [-0.3, -0.25) is 5.10 Å². The van der Waals surface area contributed by atoms with Gasteiger partial charge in [0.25, 0.3) is 0 Å². The van der Waals surface area contributed by atoms with E-state index in [0.717, 1.165) is 5.01 Å². The van der Waals surface area contributed by atoms with E-state index in [1.165, 1.54) is 23.7 Å². The molecule has 0 aliphatic heterocycles. The van der Waals surface area contributed by atoms with E-state index in [1.807, 2.05) is 0 Å². The van der Waals surface area contributed by atoms with E-state index >= 15 is 0 Å². The van der Waals surface area contributed by atoms with Crippen molar-refractivity contribution in [3.63, 3.8) is 0 Å². The summed E-state index contributed by atoms with van der Waals surface area (Å²) in [5.41, 5.74) is 0. The van der Waals surface area contributed by atoms with E-state index in [-0.39, 0.29) is 10.9 Å². The van der Waals surface area contributed by atoms with Crippen LogP contribution in [0.2, 0.25) is 0 Å². The first kappa shape index (κ1) is 11.2. The molecule has 6 nitrogen and oxygen atoms in total. The number of rotatable bonds is 4. The van der Waals surface area contributed by atoms with E-state index in [1.54, 1.807) is 18.5 Å². The Hall–Kier alpha value is -1.25. The number of thiazole rings is 1. The molecule has 0 aromatic carbocycles. The zero-order valence-electron chi connectivity index (χ0n) is 8.41. The average molecular weight is 258 g/mol. The van der Waals surface area contributed by atoms with Crippen LogP contribution in [0.3, 0.4) is 0 Å². The molecule has 2 heterocycles. The third-order valence-electron chi connectivity index (χ3n) is 1.94. The molecule has 0 fully saturated rings. The van der Waals surface area contributed by atoms with Crippen molar-refractivity contribution in [3.05, 3.63) is 29.0 Å². The molecule has 0 amide bonds. The monoisotopic (exact) mass is 258 g/mol. The smallest absolute Gasteiger partial charge is 0.244 e. The normalized spacial score (nSPS) is 13.8. The summed E-state index contributed by atoms with van der Waals surface area (Å²) >= 11 is 1.41. The molecule has 0 saturated carbocycles. The molecule has 0 spiro atoms. The third kappa shape index (κ3) is 2.29. The Morgan fingerprint density at radius 1 is 1.56 bits per heavy atom. The quantitative estimate of drug-likeness (QED) is 0.853. The summed E-state index contributed by atoms with van der Waals surface area (Å²) in [5, 5.41) is 8.60. The summed E-state index contributed by atoms with van der Waals surface area (Å²) in [6, 6.07) is -0.347. The lowest BCUT2D eigenvalue weighted by Crippen LogP contribution is -2.26. The number of nitrogens with zero attached hydrogens (tertiary/aromatic N) is 2. The molecule has 2 aromatic heterocycles. The van der Waals surface area contributed by atoms with Gasteiger partial charge in [-0.25, -0.2) is 18.1 Å². The molecule has 0 bridgehead atoms. The molecule has 1 unspecified atom stereocenters. The Balaban J connectivity index is 2.16. The first-order valence-electron chi connectivity index (χ1n) is 4.50. The van der Waals surface area contributed by atoms with Crippen molar-refractivity contribution in [3.8, 4) is 0 Å². The van der Waals surface area contributed by atoms with Crippen LogP contribution in [0.15, 0.2) is 28.9 Å². The van der Waals surface area contributed by atoms with Gasteiger partial charge in [0, 0.05) is 17.8 Å². The van der Waals surface area contributed by atoms with Gasteiger partial charge in [0.15, 0.2) is 0 Å². The van der Waals surface area contributed by atoms with Crippen LogP contribution in [-0.4, -0.2) is 23.6 Å². The van der Waals surface area contributed by atoms with Crippen molar-refractivity contribution < 1.29 is 8.42 Å². The Bertz CT molecular complexity index is 533. The molecule has 0 aliphatic rings. The van der Waals surface area contributed by atoms with Crippen molar-refractivity contribution >= 4 is 21.4 Å². The van der Waals surface area contributed by atoms with Crippen LogP contribution in [-0.2, 0) is 10.0 Å². The van der Waals surface area contributed by atoms with Gasteiger partial charge < -0.3 is 0 Å². The number of aromatic nitrogens is 3. The Morgan fingerprint density at radius 2 is 2.38 bits per heavy atom. The summed E-state index contributed by atoms with van der Waals surface area (Å²) in [6.45, 7) is 1.75. The second-order valence-corrected chi connectivity index (χ2v) is 5.79. The first-order chi connectivity index (χ1) is 7.59. The fraction of sp³-hybridized carbons (Fsp3) is 0.250. The van der Waals surface area contributed by atoms with Gasteiger partial charge in [0.05, 0.1) is 12.2 Å². The molecule has 2 aromatic rings. The highest BCUT2D eigenvalue weighted by Crippen LogP contribution is 2.17. The molecule has 2 rings (SSSR count). The molecular formula is C8H10N4O2S2. The lowest BCUT2D eigenvalue weighted by Gasteiger charge is -2.10. The highest BCUT2D eigenvalue weighted by molar-refractivity contribution is 7.89. The van der Waals surface area contributed by atoms with Crippen LogP contribution >= 0.6 is 11.3 Å². The summed E-state index contributed by atoms with van der Waals surface area (Å²) in [7, 11) is -3.52. The maximum atomic E-state index is 11.8. The Kier molecular flexibility index (Phi) is 3.03. The minimum atomic E-state index is -3.52. The highest BCUT2D eigenvalue weighted by Gasteiger charge is 2.20. The lowest BCUT2D eigenvalue weighted by molar-refractivity contribution is 0.566. The Morgan fingerprint density at radius 3 is 2.94 bits per heavy atom. The second-order valence-electron chi connectivity index (χ2n) is 3.15. The second kappa shape index (κ2) is 4.32. The van der Waals surface area contributed by atoms with E-state index in [9.17, 15) is 8.42 Å². The van der Waals surface area contributed by atoms with Crippen LogP contribution in [0.4, 0.5) is 0 Å². The number of hydrogen-bond acceptors (Lipinski definition) is 5. The van der Waals surface area contributed by atoms with Gasteiger partial charge in [-0.2, -0.15) is 5.10 Å². The van der Waals surface area contributed by atoms with E-state index < -0.39 is 10.0 Å². The minimum Gasteiger partial charge on any atom is -0.284 e. The van der Waals surface area contributed by atoms with E-state index in [2.05, 4.69) is 19.9 Å². The van der Waals surface area contributed by atoms with Gasteiger partial charge in [0.1, 0.15) is 9.90 Å². The predicted molar refractivity (Wildman–Crippen MR) is 59.4 cm³/mol. The maximum Gasteiger partial charge on any atom is 0.244 e. The van der Waals surface area contributed by atoms with E-state index in [4.69, 9.17) is 0 Å². The summed E-state index contributed by atoms with van der Waals surface area (Å²) < 4.78 is 26.1. The topological polar surface area (TPSA) is 87.7 Å². The molecule has 16 heavy (non-hydrogen) atoms. The van der Waals surface area contributed by atoms with Gasteiger partial charge in [-0.15, -0.1) is 11.3 Å². The maximum absolute atomic E-state index is 11.8. The molecule has 0 aliphatic carbocycles. The SMILES string of the molecule is CC(NS(=O)(=O)c1cn[nH]c1)c1nccs1. The molecule has 8 heteroatoms. The molecular weight excluding hydrogens is 248 g/mol. The van der Waals surface area contributed by atoms with Gasteiger partial charge in [-0.1, -0.05) is 0 Å². The van der Waals surface area contributed by atoms with Crippen LogP contribution in [0.1, 0.15) is 18.0 Å². The average Bonchev–Trinajstić information content (AvgIpc) is 2.91. The summed E-state index contributed by atoms with van der Waals surface area (Å²) in [6.07, 6.45) is 4.23. The van der Waals surface area contributed by atoms with Crippen LogP contribution in [0.25, 0.3) is 0 Å². The highest BCUT2D eigenvalue weighted by atomic mass is 32.2. The van der Waals surface area contributed by atoms with Crippen molar-refractivity contribution in [1.29, 1.82) is 0 Å². The molecule has 0 saturated heterocycles. The van der Waals surface area contributed by atoms with Crippen LogP contribution in [0, 0.1) is 0 Å². The molecule has 2 N–H and O–H groups in total. The number of nitrogens with one attached hydrogen (secondary N) is 2. The number of aromatic amines is 1. The number of hydrogen-bond donors (Lipinski definition) is 2. The molecule has 1 atom stereocenters. The predicted octanol–water partition coefficient (Wildman–Crippen LogP) is 0.906. The number of H-pyrrole nitrogens is 1. The standard InChI is InChI=1S/C8H10N4O2S2/c1-6(8-9-2-3-15-8)12-16(13,14)7-4-10-11-5-7/h2-6,12H,1H3,(H,10,11). The lowest BCUT2D eigenvalue weighted by atomic mass is 10.4. The summed E-state index contributed by atoms with van der Waals surface area (Å²) in [4.78, 5) is 4.17. The third-order valence-corrected chi connectivity index (χ3v) is 4.40. The summed E-state index contributed by atoms with van der Waals surface area (Å²) in [5.74, 6) is 0. The fourth-order valence-corrected chi connectivity index (χ4v) is 3.02. The minimum absolute atomic E-state index is 0.121. The van der Waals surface area contributed by atoms with Crippen molar-refractivity contribution in [2.24, 2.45) is 0 Å². The van der Waals surface area contributed by atoms with Crippen LogP contribution in [0.5, 0.6) is 0 Å². The Labute approximate surface area is 96.8 Å². The first-order valence-corrected chi connectivity index (χ1v) is 6.86. The van der Waals surface area contributed by atoms with E-state index in [0.29, 0.717) is 0 Å². The van der Waals surface area contributed by atoms with Crippen molar-refractivity contribution in [2.75, 3.05) is 0 Å². The molecule has 86 valence electrons. The van der Waals surface area contributed by atoms with Gasteiger partial charge in [0.2, 0.25) is 10.0 Å². The van der Waals surface area contributed by atoms with Crippen molar-refractivity contribution in [1.82, 2.24) is 19.9 Å². The van der Waals surface area contributed by atoms with Gasteiger partial charge >= 0.3 is 0 Å². The van der Waals surface area contributed by atoms with Crippen LogP contribution < -0.4 is 4.72 Å². The largest absolute Gasteiger partial charge is 0.284 e.